The van der Waals surface area contributed by atoms with Crippen LogP contribution in [0.5, 0.6) is 0 Å². The predicted octanol–water partition coefficient (Wildman–Crippen LogP) is 8.59. The number of nitrogens with zero attached hydrogens (tertiary/aromatic N) is 1. The zero-order valence-electron chi connectivity index (χ0n) is 19.5. The third-order valence-corrected chi connectivity index (χ3v) is 7.75. The highest BCUT2D eigenvalue weighted by atomic mass is 16.4. The van der Waals surface area contributed by atoms with E-state index in [1.54, 1.807) is 0 Å². The average Bonchev–Trinajstić information content (AvgIpc) is 3.68. The Labute approximate surface area is 210 Å². The van der Waals surface area contributed by atoms with E-state index in [0.29, 0.717) is 17.2 Å². The minimum Gasteiger partial charge on any atom is -0.455 e. The van der Waals surface area contributed by atoms with E-state index in [4.69, 9.17) is 8.83 Å². The van der Waals surface area contributed by atoms with Crippen LogP contribution < -0.4 is 0 Å². The van der Waals surface area contributed by atoms with Gasteiger partial charge in [-0.05, 0) is 41.5 Å². The van der Waals surface area contributed by atoms with Crippen molar-refractivity contribution in [2.24, 2.45) is 0 Å². The van der Waals surface area contributed by atoms with Gasteiger partial charge < -0.3 is 8.83 Å². The summed E-state index contributed by atoms with van der Waals surface area (Å²) in [5.41, 5.74) is 7.93. The number of ketones is 1. The lowest BCUT2D eigenvalue weighted by Gasteiger charge is -2.04. The Kier molecular flexibility index (Phi) is 3.40. The summed E-state index contributed by atoms with van der Waals surface area (Å²) >= 11 is 0. The third-order valence-electron chi connectivity index (χ3n) is 7.75. The van der Waals surface area contributed by atoms with Crippen molar-refractivity contribution in [1.82, 2.24) is 4.57 Å². The minimum absolute atomic E-state index is 0.0154. The molecule has 0 radical (unpaired) electrons. The maximum atomic E-state index is 13.6. The second kappa shape index (κ2) is 6.56. The number of carbonyl (C=O) groups excluding carboxylic acids is 1. The van der Waals surface area contributed by atoms with Gasteiger partial charge >= 0.3 is 0 Å². The molecule has 0 N–H and O–H groups in total. The summed E-state index contributed by atoms with van der Waals surface area (Å²) in [6, 6.07) is 34.6. The van der Waals surface area contributed by atoms with Gasteiger partial charge in [0.05, 0.1) is 22.0 Å². The summed E-state index contributed by atoms with van der Waals surface area (Å²) in [6.07, 6.45) is 0. The molecule has 3 aromatic heterocycles. The first-order chi connectivity index (χ1) is 18.3. The fraction of sp³-hybridized carbons (Fsp3) is 0. The highest BCUT2D eigenvalue weighted by Gasteiger charge is 2.36. The smallest absolute Gasteiger partial charge is 0.205 e. The molecule has 0 spiro atoms. The van der Waals surface area contributed by atoms with E-state index in [-0.39, 0.29) is 5.78 Å². The van der Waals surface area contributed by atoms with Crippen LogP contribution in [0.1, 0.15) is 15.9 Å². The highest BCUT2D eigenvalue weighted by molar-refractivity contribution is 6.26. The zero-order chi connectivity index (χ0) is 24.2. The van der Waals surface area contributed by atoms with Gasteiger partial charge in [0.1, 0.15) is 16.9 Å². The highest BCUT2D eigenvalue weighted by Crippen LogP contribution is 2.48. The SMILES string of the molecule is O=C1c2cc(-n3c4ccccc4c4c5oc6ccccc6c5ccc43)oc2-c2cc3cccccc-3c21. The Balaban J connectivity index is 1.36. The van der Waals surface area contributed by atoms with E-state index < -0.39 is 0 Å². The standard InChI is InChI=1S/C33H17NO3/c35-31-24-17-28(37-32(24)23-16-18-8-2-1-3-9-19(18)29(23)31)34-25-12-6-4-11-22(25)30-26(34)15-14-21-20-10-5-7-13-27(20)36-33(21)30/h1-17H. The number of carbonyl (C=O) groups is 1. The lowest BCUT2D eigenvalue weighted by Crippen LogP contribution is -1.96. The van der Waals surface area contributed by atoms with Gasteiger partial charge in [0.25, 0.3) is 0 Å². The second-order valence-corrected chi connectivity index (χ2v) is 9.66. The Morgan fingerprint density at radius 3 is 2.35 bits per heavy atom. The maximum Gasteiger partial charge on any atom is 0.205 e. The van der Waals surface area contributed by atoms with Crippen LogP contribution in [0, 0.1) is 0 Å². The molecule has 0 unspecified atom stereocenters. The first-order valence-electron chi connectivity index (χ1n) is 12.3. The summed E-state index contributed by atoms with van der Waals surface area (Å²) in [7, 11) is 0. The summed E-state index contributed by atoms with van der Waals surface area (Å²) in [6.45, 7) is 0. The normalized spacial score (nSPS) is 12.9. The fourth-order valence-electron chi connectivity index (χ4n) is 6.18. The Morgan fingerprint density at radius 2 is 1.41 bits per heavy atom. The number of hydrogen-bond acceptors (Lipinski definition) is 3. The first kappa shape index (κ1) is 19.1. The van der Waals surface area contributed by atoms with Crippen LogP contribution in [0.4, 0.5) is 0 Å². The fourth-order valence-corrected chi connectivity index (χ4v) is 6.18. The number of benzene rings is 3. The predicted molar refractivity (Wildman–Crippen MR) is 146 cm³/mol. The van der Waals surface area contributed by atoms with Crippen LogP contribution >= 0.6 is 0 Å². The van der Waals surface area contributed by atoms with Crippen LogP contribution in [0.15, 0.2) is 112 Å². The molecule has 0 saturated carbocycles. The van der Waals surface area contributed by atoms with Crippen molar-refractivity contribution in [3.05, 3.63) is 114 Å². The molecule has 0 bridgehead atoms. The molecule has 3 aliphatic carbocycles. The number of aromatic nitrogens is 1. The van der Waals surface area contributed by atoms with Crippen molar-refractivity contribution in [1.29, 1.82) is 0 Å². The quantitative estimate of drug-likeness (QED) is 0.239. The molecular weight excluding hydrogens is 458 g/mol. The van der Waals surface area contributed by atoms with E-state index >= 15 is 0 Å². The first-order valence-corrected chi connectivity index (χ1v) is 12.3. The summed E-state index contributed by atoms with van der Waals surface area (Å²) in [5.74, 6) is 1.28. The van der Waals surface area contributed by atoms with E-state index in [1.165, 1.54) is 0 Å². The van der Waals surface area contributed by atoms with Gasteiger partial charge in [-0.25, -0.2) is 0 Å². The molecule has 172 valence electrons. The monoisotopic (exact) mass is 475 g/mol. The van der Waals surface area contributed by atoms with E-state index in [2.05, 4.69) is 41.0 Å². The van der Waals surface area contributed by atoms with Crippen LogP contribution in [-0.2, 0) is 0 Å². The molecule has 37 heavy (non-hydrogen) atoms. The Morgan fingerprint density at radius 1 is 0.595 bits per heavy atom. The van der Waals surface area contributed by atoms with Crippen molar-refractivity contribution in [2.75, 3.05) is 0 Å². The topological polar surface area (TPSA) is 48.3 Å². The molecular formula is C33H17NO3. The van der Waals surface area contributed by atoms with Crippen molar-refractivity contribution in [2.45, 2.75) is 0 Å². The van der Waals surface area contributed by atoms with Gasteiger partial charge in [-0.1, -0.05) is 66.7 Å². The molecule has 0 aliphatic heterocycles. The largest absolute Gasteiger partial charge is 0.455 e. The third kappa shape index (κ3) is 2.30. The van der Waals surface area contributed by atoms with Crippen LogP contribution in [0.25, 0.3) is 72.1 Å². The van der Waals surface area contributed by atoms with Crippen molar-refractivity contribution in [3.8, 4) is 28.3 Å². The number of para-hydroxylation sites is 2. The minimum atomic E-state index is 0.0154. The van der Waals surface area contributed by atoms with Crippen molar-refractivity contribution >= 4 is 49.5 Å². The summed E-state index contributed by atoms with van der Waals surface area (Å²) < 4.78 is 15.0. The summed E-state index contributed by atoms with van der Waals surface area (Å²) in [5, 5.41) is 4.31. The molecule has 0 atom stereocenters. The van der Waals surface area contributed by atoms with Gasteiger partial charge in [-0.15, -0.1) is 0 Å². The van der Waals surface area contributed by atoms with E-state index in [0.717, 1.165) is 66.0 Å². The van der Waals surface area contributed by atoms with Crippen LogP contribution in [0.3, 0.4) is 0 Å². The molecule has 6 aromatic rings. The maximum absolute atomic E-state index is 13.6. The molecule has 4 heteroatoms. The van der Waals surface area contributed by atoms with Crippen LogP contribution in [0.2, 0.25) is 0 Å². The second-order valence-electron chi connectivity index (χ2n) is 9.66. The lowest BCUT2D eigenvalue weighted by atomic mass is 10.1. The lowest BCUT2D eigenvalue weighted by molar-refractivity contribution is 0.104. The van der Waals surface area contributed by atoms with Crippen molar-refractivity contribution < 1.29 is 13.6 Å². The zero-order valence-corrected chi connectivity index (χ0v) is 19.5. The molecule has 3 aromatic carbocycles. The molecule has 0 saturated heterocycles. The Hall–Kier alpha value is -5.09. The number of furan rings is 2. The molecule has 0 fully saturated rings. The molecule has 9 rings (SSSR count). The van der Waals surface area contributed by atoms with Gasteiger partial charge in [-0.2, -0.15) is 0 Å². The van der Waals surface area contributed by atoms with Gasteiger partial charge in [-0.3, -0.25) is 9.36 Å². The van der Waals surface area contributed by atoms with Crippen molar-refractivity contribution in [3.63, 3.8) is 0 Å². The van der Waals surface area contributed by atoms with Gasteiger partial charge in [0.15, 0.2) is 5.78 Å². The number of fused-ring (bicyclic) bond motifs is 12. The number of hydrogen-bond donors (Lipinski definition) is 0. The average molecular weight is 476 g/mol. The van der Waals surface area contributed by atoms with Gasteiger partial charge in [0, 0.05) is 33.4 Å². The molecule has 4 nitrogen and oxygen atoms in total. The van der Waals surface area contributed by atoms with Gasteiger partial charge in [0.2, 0.25) is 5.88 Å². The molecule has 3 aliphatic rings. The van der Waals surface area contributed by atoms with Crippen LogP contribution in [-0.4, -0.2) is 10.4 Å². The molecule has 0 amide bonds. The molecule has 3 heterocycles. The Bertz CT molecular complexity index is 2220. The van der Waals surface area contributed by atoms with E-state index in [1.807, 2.05) is 66.7 Å². The van der Waals surface area contributed by atoms with E-state index in [9.17, 15) is 4.79 Å². The summed E-state index contributed by atoms with van der Waals surface area (Å²) in [4.78, 5) is 13.6. The number of rotatable bonds is 1.